The lowest BCUT2D eigenvalue weighted by atomic mass is 9.97. The van der Waals surface area contributed by atoms with Crippen molar-refractivity contribution in [1.29, 1.82) is 0 Å². The van der Waals surface area contributed by atoms with E-state index >= 15 is 0 Å². The van der Waals surface area contributed by atoms with Gasteiger partial charge in [-0.3, -0.25) is 0 Å². The number of carbonyl (C=O) groups is 1. The van der Waals surface area contributed by atoms with Crippen molar-refractivity contribution in [3.63, 3.8) is 0 Å². The maximum Gasteiger partial charge on any atom is 0.374 e. The van der Waals surface area contributed by atoms with Crippen molar-refractivity contribution in [1.82, 2.24) is 5.32 Å². The van der Waals surface area contributed by atoms with Crippen molar-refractivity contribution in [3.05, 3.63) is 24.2 Å². The number of hydrogen-bond donors (Lipinski definition) is 1. The molecule has 2 heterocycles. The van der Waals surface area contributed by atoms with Gasteiger partial charge in [-0.05, 0) is 50.4 Å². The minimum Gasteiger partial charge on any atom is -0.460 e. The lowest BCUT2D eigenvalue weighted by Gasteiger charge is -2.22. The molecular formula is C12H18ClNO3. The third kappa shape index (κ3) is 4.40. The summed E-state index contributed by atoms with van der Waals surface area (Å²) in [7, 11) is 0. The van der Waals surface area contributed by atoms with E-state index in [-0.39, 0.29) is 24.1 Å². The molecule has 1 aliphatic rings. The lowest BCUT2D eigenvalue weighted by Crippen LogP contribution is -2.30. The Balaban J connectivity index is 0.00000144. The molecule has 1 unspecified atom stereocenters. The van der Waals surface area contributed by atoms with Crippen LogP contribution >= 0.6 is 12.4 Å². The standard InChI is InChI=1S/C12H17NO3.ClH/c14-12(11-4-2-7-15-11)16-8-5-10-3-1-6-13-9-10;/h2,4,7,10,13H,1,3,5-6,8-9H2;1H. The van der Waals surface area contributed by atoms with Gasteiger partial charge in [0.1, 0.15) is 0 Å². The molecule has 1 N–H and O–H groups in total. The van der Waals surface area contributed by atoms with E-state index in [1.165, 1.54) is 19.1 Å². The number of rotatable bonds is 4. The summed E-state index contributed by atoms with van der Waals surface area (Å²) in [5, 5.41) is 3.34. The number of halogens is 1. The molecular weight excluding hydrogens is 242 g/mol. The van der Waals surface area contributed by atoms with Crippen molar-refractivity contribution >= 4 is 18.4 Å². The van der Waals surface area contributed by atoms with Gasteiger partial charge >= 0.3 is 5.97 Å². The van der Waals surface area contributed by atoms with E-state index in [1.54, 1.807) is 12.1 Å². The van der Waals surface area contributed by atoms with Gasteiger partial charge in [-0.15, -0.1) is 12.4 Å². The Morgan fingerprint density at radius 3 is 3.12 bits per heavy atom. The van der Waals surface area contributed by atoms with Crippen LogP contribution in [0.2, 0.25) is 0 Å². The molecule has 17 heavy (non-hydrogen) atoms. The molecule has 0 bridgehead atoms. The van der Waals surface area contributed by atoms with Gasteiger partial charge in [0.15, 0.2) is 0 Å². The van der Waals surface area contributed by atoms with Crippen LogP contribution in [0, 0.1) is 5.92 Å². The fourth-order valence-corrected chi connectivity index (χ4v) is 1.95. The van der Waals surface area contributed by atoms with Crippen LogP contribution in [0.1, 0.15) is 29.8 Å². The van der Waals surface area contributed by atoms with Gasteiger partial charge in [0.2, 0.25) is 5.76 Å². The van der Waals surface area contributed by atoms with E-state index < -0.39 is 0 Å². The zero-order valence-electron chi connectivity index (χ0n) is 9.69. The molecule has 2 rings (SSSR count). The quantitative estimate of drug-likeness (QED) is 0.843. The fourth-order valence-electron chi connectivity index (χ4n) is 1.95. The maximum atomic E-state index is 11.4. The molecule has 5 heteroatoms. The third-order valence-electron chi connectivity index (χ3n) is 2.88. The first-order valence-corrected chi connectivity index (χ1v) is 5.77. The van der Waals surface area contributed by atoms with Crippen molar-refractivity contribution in [3.8, 4) is 0 Å². The van der Waals surface area contributed by atoms with Crippen LogP contribution in [0.25, 0.3) is 0 Å². The highest BCUT2D eigenvalue weighted by Gasteiger charge is 2.14. The Labute approximate surface area is 107 Å². The van der Waals surface area contributed by atoms with E-state index in [2.05, 4.69) is 5.32 Å². The molecule has 1 aromatic heterocycles. The number of nitrogens with one attached hydrogen (secondary N) is 1. The van der Waals surface area contributed by atoms with Crippen molar-refractivity contribution < 1.29 is 13.9 Å². The molecule has 96 valence electrons. The summed E-state index contributed by atoms with van der Waals surface area (Å²) in [6, 6.07) is 3.30. The van der Waals surface area contributed by atoms with Gasteiger partial charge in [-0.25, -0.2) is 4.79 Å². The minimum absolute atomic E-state index is 0. The molecule has 4 nitrogen and oxygen atoms in total. The molecule has 1 atom stereocenters. The molecule has 1 fully saturated rings. The first kappa shape index (κ1) is 14.1. The first-order chi connectivity index (χ1) is 7.86. The van der Waals surface area contributed by atoms with Gasteiger partial charge < -0.3 is 14.5 Å². The lowest BCUT2D eigenvalue weighted by molar-refractivity contribution is 0.0441. The highest BCUT2D eigenvalue weighted by molar-refractivity contribution is 5.86. The number of carbonyl (C=O) groups excluding carboxylic acids is 1. The van der Waals surface area contributed by atoms with Gasteiger partial charge in [-0.2, -0.15) is 0 Å². The predicted molar refractivity (Wildman–Crippen MR) is 66.4 cm³/mol. The molecule has 0 radical (unpaired) electrons. The van der Waals surface area contributed by atoms with Crippen molar-refractivity contribution in [2.24, 2.45) is 5.92 Å². The first-order valence-electron chi connectivity index (χ1n) is 5.77. The van der Waals surface area contributed by atoms with Crippen LogP contribution in [0.4, 0.5) is 0 Å². The molecule has 0 amide bonds. The zero-order valence-corrected chi connectivity index (χ0v) is 10.5. The zero-order chi connectivity index (χ0) is 11.2. The van der Waals surface area contributed by atoms with Crippen LogP contribution < -0.4 is 5.32 Å². The SMILES string of the molecule is Cl.O=C(OCCC1CCCNC1)c1ccco1. The summed E-state index contributed by atoms with van der Waals surface area (Å²) in [5.41, 5.74) is 0. The monoisotopic (exact) mass is 259 g/mol. The van der Waals surface area contributed by atoms with Gasteiger partial charge in [0.05, 0.1) is 12.9 Å². The third-order valence-corrected chi connectivity index (χ3v) is 2.88. The summed E-state index contributed by atoms with van der Waals surface area (Å²) >= 11 is 0. The summed E-state index contributed by atoms with van der Waals surface area (Å²) in [4.78, 5) is 11.4. The number of hydrogen-bond acceptors (Lipinski definition) is 4. The molecule has 1 aromatic rings. The van der Waals surface area contributed by atoms with E-state index in [9.17, 15) is 4.79 Å². The average Bonchev–Trinajstić information content (AvgIpc) is 2.84. The van der Waals surface area contributed by atoms with Crippen molar-refractivity contribution in [2.75, 3.05) is 19.7 Å². The molecule has 1 saturated heterocycles. The Kier molecular flexibility index (Phi) is 6.08. The van der Waals surface area contributed by atoms with Crippen LogP contribution in [0.5, 0.6) is 0 Å². The Bertz CT molecular complexity index is 321. The summed E-state index contributed by atoms with van der Waals surface area (Å²) in [5.74, 6) is 0.550. The summed E-state index contributed by atoms with van der Waals surface area (Å²) in [6.45, 7) is 2.63. The van der Waals surface area contributed by atoms with Gasteiger partial charge in [0, 0.05) is 0 Å². The second-order valence-corrected chi connectivity index (χ2v) is 4.11. The van der Waals surface area contributed by atoms with Crippen LogP contribution in [-0.2, 0) is 4.74 Å². The normalized spacial score (nSPS) is 19.4. The van der Waals surface area contributed by atoms with Crippen LogP contribution in [-0.4, -0.2) is 25.7 Å². The Morgan fingerprint density at radius 2 is 2.47 bits per heavy atom. The van der Waals surface area contributed by atoms with E-state index in [4.69, 9.17) is 9.15 Å². The second kappa shape index (κ2) is 7.35. The van der Waals surface area contributed by atoms with E-state index in [1.807, 2.05) is 0 Å². The molecule has 0 saturated carbocycles. The predicted octanol–water partition coefficient (Wildman–Crippen LogP) is 2.25. The van der Waals surface area contributed by atoms with Crippen LogP contribution in [0.15, 0.2) is 22.8 Å². The minimum atomic E-state index is -0.367. The second-order valence-electron chi connectivity index (χ2n) is 4.11. The van der Waals surface area contributed by atoms with Crippen molar-refractivity contribution in [2.45, 2.75) is 19.3 Å². The topological polar surface area (TPSA) is 51.5 Å². The van der Waals surface area contributed by atoms with Crippen LogP contribution in [0.3, 0.4) is 0 Å². The summed E-state index contributed by atoms with van der Waals surface area (Å²) < 4.78 is 10.1. The average molecular weight is 260 g/mol. The highest BCUT2D eigenvalue weighted by atomic mass is 35.5. The van der Waals surface area contributed by atoms with E-state index in [0.29, 0.717) is 12.5 Å². The van der Waals surface area contributed by atoms with Gasteiger partial charge in [-0.1, -0.05) is 0 Å². The number of furan rings is 1. The highest BCUT2D eigenvalue weighted by Crippen LogP contribution is 2.14. The largest absolute Gasteiger partial charge is 0.460 e. The number of esters is 1. The molecule has 0 aliphatic carbocycles. The van der Waals surface area contributed by atoms with Gasteiger partial charge in [0.25, 0.3) is 0 Å². The Morgan fingerprint density at radius 1 is 1.59 bits per heavy atom. The number of ether oxygens (including phenoxy) is 1. The molecule has 1 aliphatic heterocycles. The summed E-state index contributed by atoms with van der Waals surface area (Å²) in [6.07, 6.45) is 4.85. The Hall–Kier alpha value is -1.00. The van der Waals surface area contributed by atoms with E-state index in [0.717, 1.165) is 19.5 Å². The fraction of sp³-hybridized carbons (Fsp3) is 0.583. The molecule has 0 spiro atoms. The molecule has 0 aromatic carbocycles. The smallest absolute Gasteiger partial charge is 0.374 e. The maximum absolute atomic E-state index is 11.4. The number of piperidine rings is 1.